The summed E-state index contributed by atoms with van der Waals surface area (Å²) in [5.74, 6) is -1.47. The van der Waals surface area contributed by atoms with Crippen molar-refractivity contribution in [3.05, 3.63) is 48.0 Å². The number of unbranched alkanes of at least 4 members (excludes halogenated alkanes) is 2. The van der Waals surface area contributed by atoms with Gasteiger partial charge in [0.05, 0.1) is 5.92 Å². The van der Waals surface area contributed by atoms with E-state index in [1.165, 1.54) is 0 Å². The summed E-state index contributed by atoms with van der Waals surface area (Å²) in [6, 6.07) is 6.88. The Bertz CT molecular complexity index is 424. The zero-order chi connectivity index (χ0) is 13.4. The molecule has 18 heavy (non-hydrogen) atoms. The van der Waals surface area contributed by atoms with Crippen molar-refractivity contribution in [2.45, 2.75) is 31.6 Å². The predicted octanol–water partition coefficient (Wildman–Crippen LogP) is 3.41. The van der Waals surface area contributed by atoms with Crippen LogP contribution in [0, 0.1) is 0 Å². The second kappa shape index (κ2) is 7.43. The van der Waals surface area contributed by atoms with Crippen LogP contribution in [0.3, 0.4) is 0 Å². The standard InChI is InChI=1S/C15H18O3/c1-2-3-4-5-10-14(15(17)18)13-9-7-6-8-12(13)11-16/h2,6-9,11,14H,1,3-5,10H2,(H,17,18). The number of carbonyl (C=O) groups excluding carboxylic acids is 1. The van der Waals surface area contributed by atoms with Gasteiger partial charge in [-0.3, -0.25) is 9.59 Å². The van der Waals surface area contributed by atoms with E-state index in [4.69, 9.17) is 0 Å². The van der Waals surface area contributed by atoms with Crippen LogP contribution in [0.15, 0.2) is 36.9 Å². The maximum atomic E-state index is 11.3. The van der Waals surface area contributed by atoms with Gasteiger partial charge >= 0.3 is 5.97 Å². The van der Waals surface area contributed by atoms with E-state index in [9.17, 15) is 14.7 Å². The van der Waals surface area contributed by atoms with Crippen molar-refractivity contribution >= 4 is 12.3 Å². The first-order valence-electron chi connectivity index (χ1n) is 6.08. The summed E-state index contributed by atoms with van der Waals surface area (Å²) in [5, 5.41) is 9.27. The Labute approximate surface area is 107 Å². The zero-order valence-corrected chi connectivity index (χ0v) is 10.3. The van der Waals surface area contributed by atoms with Gasteiger partial charge in [-0.1, -0.05) is 36.8 Å². The molecule has 1 unspecified atom stereocenters. The van der Waals surface area contributed by atoms with Crippen LogP contribution < -0.4 is 0 Å². The van der Waals surface area contributed by atoms with Crippen LogP contribution in [-0.4, -0.2) is 17.4 Å². The van der Waals surface area contributed by atoms with E-state index >= 15 is 0 Å². The summed E-state index contributed by atoms with van der Waals surface area (Å²) in [4.78, 5) is 22.2. The van der Waals surface area contributed by atoms with Crippen LogP contribution in [-0.2, 0) is 4.79 Å². The Morgan fingerprint density at radius 1 is 1.33 bits per heavy atom. The van der Waals surface area contributed by atoms with Gasteiger partial charge in [0.2, 0.25) is 0 Å². The van der Waals surface area contributed by atoms with Crippen molar-refractivity contribution < 1.29 is 14.7 Å². The van der Waals surface area contributed by atoms with E-state index in [0.29, 0.717) is 17.5 Å². The molecule has 1 atom stereocenters. The first-order chi connectivity index (χ1) is 8.70. The van der Waals surface area contributed by atoms with Crippen molar-refractivity contribution in [1.82, 2.24) is 0 Å². The SMILES string of the molecule is C=CCCCCC(C(=O)O)c1ccccc1C=O. The number of hydrogen-bond donors (Lipinski definition) is 1. The largest absolute Gasteiger partial charge is 0.481 e. The number of aldehydes is 1. The minimum absolute atomic E-state index is 0.466. The normalized spacial score (nSPS) is 11.8. The molecule has 96 valence electrons. The molecule has 0 aliphatic heterocycles. The van der Waals surface area contributed by atoms with Crippen molar-refractivity contribution in [2.75, 3.05) is 0 Å². The molecule has 1 rings (SSSR count). The van der Waals surface area contributed by atoms with Gasteiger partial charge < -0.3 is 5.11 Å². The molecule has 3 heteroatoms. The number of allylic oxidation sites excluding steroid dienone is 1. The lowest BCUT2D eigenvalue weighted by Gasteiger charge is -2.14. The summed E-state index contributed by atoms with van der Waals surface area (Å²) in [6.07, 6.45) is 5.73. The number of carbonyl (C=O) groups is 2. The highest BCUT2D eigenvalue weighted by Crippen LogP contribution is 2.25. The Hall–Kier alpha value is -1.90. The van der Waals surface area contributed by atoms with Crippen molar-refractivity contribution in [1.29, 1.82) is 0 Å². The molecular formula is C15H18O3. The minimum Gasteiger partial charge on any atom is -0.481 e. The highest BCUT2D eigenvalue weighted by molar-refractivity contribution is 5.83. The summed E-state index contributed by atoms with van der Waals surface area (Å²) in [6.45, 7) is 3.64. The Balaban J connectivity index is 2.80. The molecule has 0 bridgehead atoms. The molecular weight excluding hydrogens is 228 g/mol. The molecule has 1 N–H and O–H groups in total. The van der Waals surface area contributed by atoms with E-state index < -0.39 is 11.9 Å². The van der Waals surface area contributed by atoms with Crippen LogP contribution in [0.5, 0.6) is 0 Å². The Kier molecular flexibility index (Phi) is 5.85. The first kappa shape index (κ1) is 14.2. The smallest absolute Gasteiger partial charge is 0.310 e. The van der Waals surface area contributed by atoms with Crippen LogP contribution in [0.2, 0.25) is 0 Å². The van der Waals surface area contributed by atoms with Crippen molar-refractivity contribution in [2.24, 2.45) is 0 Å². The fraction of sp³-hybridized carbons (Fsp3) is 0.333. The molecule has 1 aromatic rings. The molecule has 0 spiro atoms. The average Bonchev–Trinajstić information content (AvgIpc) is 2.38. The number of benzene rings is 1. The van der Waals surface area contributed by atoms with Gasteiger partial charge in [-0.05, 0) is 24.8 Å². The highest BCUT2D eigenvalue weighted by Gasteiger charge is 2.21. The Morgan fingerprint density at radius 3 is 2.67 bits per heavy atom. The molecule has 1 aromatic carbocycles. The molecule has 0 fully saturated rings. The molecule has 0 heterocycles. The zero-order valence-electron chi connectivity index (χ0n) is 10.3. The lowest BCUT2D eigenvalue weighted by molar-refractivity contribution is -0.139. The quantitative estimate of drug-likeness (QED) is 0.434. The van der Waals surface area contributed by atoms with Gasteiger partial charge in [0.15, 0.2) is 0 Å². The first-order valence-corrected chi connectivity index (χ1v) is 6.08. The maximum absolute atomic E-state index is 11.3. The number of carboxylic acid groups (broad SMARTS) is 1. The lowest BCUT2D eigenvalue weighted by Crippen LogP contribution is -2.13. The summed E-state index contributed by atoms with van der Waals surface area (Å²) >= 11 is 0. The summed E-state index contributed by atoms with van der Waals surface area (Å²) in [5.41, 5.74) is 1.08. The molecule has 0 aliphatic rings. The van der Waals surface area contributed by atoms with Crippen molar-refractivity contribution in [3.8, 4) is 0 Å². The third kappa shape index (κ3) is 3.84. The minimum atomic E-state index is -0.872. The Morgan fingerprint density at radius 2 is 2.06 bits per heavy atom. The third-order valence-corrected chi connectivity index (χ3v) is 2.95. The summed E-state index contributed by atoms with van der Waals surface area (Å²) in [7, 11) is 0. The van der Waals surface area contributed by atoms with Crippen LogP contribution in [0.25, 0.3) is 0 Å². The van der Waals surface area contributed by atoms with E-state index in [0.717, 1.165) is 25.5 Å². The second-order valence-electron chi connectivity index (χ2n) is 4.21. The predicted molar refractivity (Wildman–Crippen MR) is 70.9 cm³/mol. The van der Waals surface area contributed by atoms with E-state index in [1.54, 1.807) is 24.3 Å². The number of aliphatic carboxylic acids is 1. The maximum Gasteiger partial charge on any atom is 0.310 e. The van der Waals surface area contributed by atoms with Crippen LogP contribution in [0.1, 0.15) is 47.5 Å². The molecule has 3 nitrogen and oxygen atoms in total. The second-order valence-corrected chi connectivity index (χ2v) is 4.21. The molecule has 0 amide bonds. The number of carboxylic acids is 1. The molecule has 0 aliphatic carbocycles. The highest BCUT2D eigenvalue weighted by atomic mass is 16.4. The molecule has 0 saturated carbocycles. The van der Waals surface area contributed by atoms with E-state index in [2.05, 4.69) is 6.58 Å². The van der Waals surface area contributed by atoms with Crippen LogP contribution >= 0.6 is 0 Å². The molecule has 0 radical (unpaired) electrons. The number of rotatable bonds is 8. The van der Waals surface area contributed by atoms with Gasteiger partial charge in [-0.15, -0.1) is 6.58 Å². The van der Waals surface area contributed by atoms with Gasteiger partial charge in [0.1, 0.15) is 6.29 Å². The summed E-state index contributed by atoms with van der Waals surface area (Å²) < 4.78 is 0. The molecule has 0 aromatic heterocycles. The fourth-order valence-corrected chi connectivity index (χ4v) is 1.98. The monoisotopic (exact) mass is 246 g/mol. The topological polar surface area (TPSA) is 54.4 Å². The molecule has 0 saturated heterocycles. The van der Waals surface area contributed by atoms with Crippen molar-refractivity contribution in [3.63, 3.8) is 0 Å². The van der Waals surface area contributed by atoms with Crippen LogP contribution in [0.4, 0.5) is 0 Å². The number of hydrogen-bond acceptors (Lipinski definition) is 2. The average molecular weight is 246 g/mol. The van der Waals surface area contributed by atoms with E-state index in [-0.39, 0.29) is 0 Å². The van der Waals surface area contributed by atoms with Gasteiger partial charge in [0, 0.05) is 5.56 Å². The fourth-order valence-electron chi connectivity index (χ4n) is 1.98. The van der Waals surface area contributed by atoms with Gasteiger partial charge in [-0.25, -0.2) is 0 Å². The lowest BCUT2D eigenvalue weighted by atomic mass is 9.90. The third-order valence-electron chi connectivity index (χ3n) is 2.95. The van der Waals surface area contributed by atoms with E-state index in [1.807, 2.05) is 6.08 Å². The van der Waals surface area contributed by atoms with Gasteiger partial charge in [-0.2, -0.15) is 0 Å². The van der Waals surface area contributed by atoms with Gasteiger partial charge in [0.25, 0.3) is 0 Å².